The maximum Gasteiger partial charge on any atom is 0.498 e. The van der Waals surface area contributed by atoms with Gasteiger partial charge >= 0.3 is 5.69 Å². The van der Waals surface area contributed by atoms with E-state index in [-0.39, 0.29) is 11.4 Å². The number of benzene rings is 1. The molecule has 1 heterocycles. The molecule has 1 aromatic carbocycles. The van der Waals surface area contributed by atoms with Gasteiger partial charge in [-0.25, -0.2) is 0 Å². The molecule has 0 aliphatic heterocycles. The van der Waals surface area contributed by atoms with Gasteiger partial charge in [-0.1, -0.05) is 12.1 Å². The highest BCUT2D eigenvalue weighted by Crippen LogP contribution is 2.30. The molecule has 0 amide bonds. The number of rotatable bonds is 3. The molecule has 1 N–H and O–H groups in total. The normalized spacial score (nSPS) is 11.0. The zero-order chi connectivity index (χ0) is 15.6. The Kier molecular flexibility index (Phi) is 4.12. The van der Waals surface area contributed by atoms with E-state index in [1.165, 1.54) is 7.11 Å². The third-order valence-corrected chi connectivity index (χ3v) is 3.51. The molecule has 0 aliphatic rings. The molecule has 0 fully saturated rings. The molecule has 5 heteroatoms. The topological polar surface area (TPSA) is 55.3 Å². The van der Waals surface area contributed by atoms with E-state index >= 15 is 0 Å². The van der Waals surface area contributed by atoms with E-state index in [2.05, 4.69) is 0 Å². The number of aromatic nitrogens is 2. The van der Waals surface area contributed by atoms with Crippen molar-refractivity contribution in [1.82, 2.24) is 4.57 Å². The van der Waals surface area contributed by atoms with E-state index < -0.39 is 0 Å². The Morgan fingerprint density at radius 1 is 1.33 bits per heavy atom. The average Bonchev–Trinajstić information content (AvgIpc) is 2.47. The minimum Gasteiger partial charge on any atom is -0.504 e. The van der Waals surface area contributed by atoms with E-state index in [1.807, 2.05) is 31.2 Å². The van der Waals surface area contributed by atoms with Gasteiger partial charge in [-0.15, -0.1) is 0 Å². The van der Waals surface area contributed by atoms with E-state index in [0.717, 1.165) is 17.0 Å². The molecule has 0 aliphatic carbocycles. The molecule has 2 aromatic rings. The van der Waals surface area contributed by atoms with Gasteiger partial charge in [0.1, 0.15) is 11.4 Å². The number of methoxy groups -OCH3 is 1. The second-order valence-corrected chi connectivity index (χ2v) is 4.84. The van der Waals surface area contributed by atoms with Crippen molar-refractivity contribution in [1.29, 1.82) is 0 Å². The van der Waals surface area contributed by atoms with Crippen LogP contribution in [-0.4, -0.2) is 16.8 Å². The summed E-state index contributed by atoms with van der Waals surface area (Å²) in [7, 11) is 4.97. The van der Waals surface area contributed by atoms with Gasteiger partial charge in [-0.05, 0) is 25.1 Å². The molecule has 2 rings (SSSR count). The monoisotopic (exact) mass is 287 g/mol. The van der Waals surface area contributed by atoms with E-state index in [9.17, 15) is 9.90 Å². The summed E-state index contributed by atoms with van der Waals surface area (Å²) in [5.74, 6) is 0.501. The number of phenols is 1. The van der Waals surface area contributed by atoms with Crippen molar-refractivity contribution in [2.75, 3.05) is 7.11 Å². The van der Waals surface area contributed by atoms with Crippen LogP contribution in [0.4, 0.5) is 0 Å². The summed E-state index contributed by atoms with van der Waals surface area (Å²) in [4.78, 5) is 12.0. The van der Waals surface area contributed by atoms with E-state index in [0.29, 0.717) is 5.75 Å². The molecule has 0 saturated carbocycles. The summed E-state index contributed by atoms with van der Waals surface area (Å²) in [6.45, 7) is 1.88. The summed E-state index contributed by atoms with van der Waals surface area (Å²) in [6, 6.07) is 7.07. The molecule has 110 valence electrons. The van der Waals surface area contributed by atoms with Gasteiger partial charge in [-0.2, -0.15) is 13.9 Å². The summed E-state index contributed by atoms with van der Waals surface area (Å²) >= 11 is 0. The largest absolute Gasteiger partial charge is 0.504 e. The molecule has 0 bridgehead atoms. The Morgan fingerprint density at radius 3 is 2.71 bits per heavy atom. The minimum atomic E-state index is -0.0856. The van der Waals surface area contributed by atoms with Gasteiger partial charge in [0.15, 0.2) is 11.5 Å². The highest BCUT2D eigenvalue weighted by atomic mass is 16.5. The van der Waals surface area contributed by atoms with E-state index in [4.69, 9.17) is 4.74 Å². The first-order valence-electron chi connectivity index (χ1n) is 6.56. The van der Waals surface area contributed by atoms with Crippen LogP contribution < -0.4 is 15.0 Å². The Hall–Kier alpha value is -2.56. The Balaban J connectivity index is 2.48. The van der Waals surface area contributed by atoms with Crippen molar-refractivity contribution < 1.29 is 14.4 Å². The quantitative estimate of drug-likeness (QED) is 0.868. The molecular weight excluding hydrogens is 268 g/mol. The van der Waals surface area contributed by atoms with Gasteiger partial charge in [0.2, 0.25) is 0 Å². The van der Waals surface area contributed by atoms with Crippen LogP contribution in [0.1, 0.15) is 17.0 Å². The molecular formula is C16H19N2O3+. The van der Waals surface area contributed by atoms with Crippen LogP contribution in [0.2, 0.25) is 0 Å². The fourth-order valence-electron chi connectivity index (χ4n) is 2.12. The van der Waals surface area contributed by atoms with Crippen molar-refractivity contribution >= 4 is 12.2 Å². The molecule has 0 unspecified atom stereocenters. The lowest BCUT2D eigenvalue weighted by molar-refractivity contribution is -0.692. The molecule has 1 aromatic heterocycles. The van der Waals surface area contributed by atoms with Crippen LogP contribution in [0.25, 0.3) is 12.2 Å². The number of aryl methyl sites for hydroxylation is 1. The SMILES string of the molecule is COc1c(O)cccc1/C=C/c1cc(C)n(C)c(=O)[n+]1C. The first-order chi connectivity index (χ1) is 9.95. The van der Waals surface area contributed by atoms with Crippen LogP contribution in [0, 0.1) is 6.92 Å². The zero-order valence-electron chi connectivity index (χ0n) is 12.6. The van der Waals surface area contributed by atoms with Crippen LogP contribution in [0.3, 0.4) is 0 Å². The predicted molar refractivity (Wildman–Crippen MR) is 81.2 cm³/mol. The van der Waals surface area contributed by atoms with Crippen molar-refractivity contribution in [3.05, 3.63) is 51.7 Å². The van der Waals surface area contributed by atoms with Crippen molar-refractivity contribution in [2.45, 2.75) is 6.92 Å². The Morgan fingerprint density at radius 2 is 2.05 bits per heavy atom. The molecule has 0 atom stereocenters. The Labute approximate surface area is 123 Å². The van der Waals surface area contributed by atoms with Gasteiger partial charge in [0.25, 0.3) is 0 Å². The highest BCUT2D eigenvalue weighted by molar-refractivity contribution is 5.72. The summed E-state index contributed by atoms with van der Waals surface area (Å²) in [6.07, 6.45) is 3.64. The Bertz CT molecular complexity index is 761. The third kappa shape index (κ3) is 2.81. The lowest BCUT2D eigenvalue weighted by atomic mass is 10.1. The maximum atomic E-state index is 12.0. The minimum absolute atomic E-state index is 0.0856. The molecule has 0 saturated heterocycles. The smallest absolute Gasteiger partial charge is 0.498 e. The van der Waals surface area contributed by atoms with Gasteiger partial charge in [-0.3, -0.25) is 0 Å². The van der Waals surface area contributed by atoms with Gasteiger partial charge < -0.3 is 9.84 Å². The summed E-state index contributed by atoms with van der Waals surface area (Å²) in [5, 5.41) is 9.75. The van der Waals surface area contributed by atoms with Crippen molar-refractivity contribution in [2.24, 2.45) is 14.1 Å². The molecule has 0 spiro atoms. The van der Waals surface area contributed by atoms with Crippen LogP contribution in [0.15, 0.2) is 29.1 Å². The summed E-state index contributed by atoms with van der Waals surface area (Å²) < 4.78 is 8.35. The predicted octanol–water partition coefficient (Wildman–Crippen LogP) is 1.40. The van der Waals surface area contributed by atoms with Crippen LogP contribution >= 0.6 is 0 Å². The number of hydrogen-bond acceptors (Lipinski definition) is 3. The molecule has 0 radical (unpaired) electrons. The molecule has 21 heavy (non-hydrogen) atoms. The first kappa shape index (κ1) is 14.8. The third-order valence-electron chi connectivity index (χ3n) is 3.51. The number of para-hydroxylation sites is 1. The van der Waals surface area contributed by atoms with Gasteiger partial charge in [0, 0.05) is 11.6 Å². The molecule has 5 nitrogen and oxygen atoms in total. The average molecular weight is 287 g/mol. The van der Waals surface area contributed by atoms with E-state index in [1.54, 1.807) is 35.4 Å². The van der Waals surface area contributed by atoms with Crippen LogP contribution in [-0.2, 0) is 14.1 Å². The lowest BCUT2D eigenvalue weighted by Crippen LogP contribution is -2.53. The number of nitrogens with zero attached hydrogens (tertiary/aromatic N) is 2. The highest BCUT2D eigenvalue weighted by Gasteiger charge is 2.12. The number of phenolic OH excluding ortho intramolecular Hbond substituents is 1. The second-order valence-electron chi connectivity index (χ2n) is 4.84. The van der Waals surface area contributed by atoms with Gasteiger partial charge in [0.05, 0.1) is 21.2 Å². The number of ether oxygens (including phenoxy) is 1. The zero-order valence-corrected chi connectivity index (χ0v) is 12.6. The summed E-state index contributed by atoms with van der Waals surface area (Å²) in [5.41, 5.74) is 2.31. The fraction of sp³-hybridized carbons (Fsp3) is 0.250. The van der Waals surface area contributed by atoms with Crippen molar-refractivity contribution in [3.63, 3.8) is 0 Å². The van der Waals surface area contributed by atoms with Crippen LogP contribution in [0.5, 0.6) is 11.5 Å². The second kappa shape index (κ2) is 5.83. The van der Waals surface area contributed by atoms with Crippen molar-refractivity contribution in [3.8, 4) is 11.5 Å². The fourth-order valence-corrected chi connectivity index (χ4v) is 2.12. The number of aromatic hydroxyl groups is 1. The maximum absolute atomic E-state index is 12.0. The lowest BCUT2D eigenvalue weighted by Gasteiger charge is -2.06. The number of hydrogen-bond donors (Lipinski definition) is 1. The standard InChI is InChI=1S/C16H18N2O3/c1-11-10-13(18(3)16(20)17(11)2)9-8-12-6-5-7-14(19)15(12)21-4/h5-10H,1-4H3/p+1/b9-8+. The first-order valence-corrected chi connectivity index (χ1v) is 6.56.